The Balaban J connectivity index is 2.22. The van der Waals surface area contributed by atoms with Crippen LogP contribution in [-0.2, 0) is 0 Å². The van der Waals surface area contributed by atoms with E-state index in [0.29, 0.717) is 16.4 Å². The van der Waals surface area contributed by atoms with Gasteiger partial charge < -0.3 is 5.32 Å². The van der Waals surface area contributed by atoms with Crippen LogP contribution in [0, 0.1) is 11.7 Å². The molecule has 0 saturated carbocycles. The molecule has 2 rings (SSSR count). The first-order valence-electron chi connectivity index (χ1n) is 6.97. The lowest BCUT2D eigenvalue weighted by Gasteiger charge is -2.36. The number of hydrogen-bond acceptors (Lipinski definition) is 2. The summed E-state index contributed by atoms with van der Waals surface area (Å²) in [6.45, 7) is 8.69. The first-order valence-corrected chi connectivity index (χ1v) is 7.77. The Morgan fingerprint density at radius 2 is 2.00 bits per heavy atom. The van der Waals surface area contributed by atoms with Crippen LogP contribution in [0.3, 0.4) is 0 Å². The van der Waals surface area contributed by atoms with Crippen LogP contribution >= 0.6 is 15.9 Å². The average molecular weight is 329 g/mol. The number of hydrogen-bond donors (Lipinski definition) is 1. The van der Waals surface area contributed by atoms with Crippen molar-refractivity contribution in [2.24, 2.45) is 5.92 Å². The van der Waals surface area contributed by atoms with Crippen LogP contribution in [0.1, 0.15) is 31.9 Å². The predicted octanol–water partition coefficient (Wildman–Crippen LogP) is 3.58. The highest BCUT2D eigenvalue weighted by atomic mass is 79.9. The van der Waals surface area contributed by atoms with Crippen molar-refractivity contribution in [3.63, 3.8) is 0 Å². The lowest BCUT2D eigenvalue weighted by atomic mass is 9.95. The van der Waals surface area contributed by atoms with Gasteiger partial charge in [0, 0.05) is 32.2 Å². The number of nitrogens with one attached hydrogen (secondary N) is 1. The number of piperazine rings is 1. The summed E-state index contributed by atoms with van der Waals surface area (Å²) >= 11 is 3.30. The lowest BCUT2D eigenvalue weighted by Crippen LogP contribution is -2.45. The van der Waals surface area contributed by atoms with E-state index >= 15 is 0 Å². The molecule has 1 heterocycles. The van der Waals surface area contributed by atoms with Gasteiger partial charge in [0.1, 0.15) is 5.82 Å². The lowest BCUT2D eigenvalue weighted by molar-refractivity contribution is 0.154. The zero-order valence-corrected chi connectivity index (χ0v) is 13.2. The molecule has 2 nitrogen and oxygen atoms in total. The standard InChI is InChI=1S/C15H22BrFN2/c1-11(2)9-15(19-7-5-18-6-8-19)12-3-4-14(17)13(16)10-12/h3-4,10-11,15,18H,5-9H2,1-2H3/t15-/m0/s1. The second-order valence-corrected chi connectivity index (χ2v) is 6.46. The van der Waals surface area contributed by atoms with Gasteiger partial charge in [-0.05, 0) is 46.0 Å². The van der Waals surface area contributed by atoms with E-state index in [9.17, 15) is 4.39 Å². The molecule has 19 heavy (non-hydrogen) atoms. The van der Waals surface area contributed by atoms with Crippen molar-refractivity contribution in [1.82, 2.24) is 10.2 Å². The second-order valence-electron chi connectivity index (χ2n) is 5.60. The normalized spacial score (nSPS) is 18.8. The molecule has 1 atom stereocenters. The molecule has 0 bridgehead atoms. The Labute approximate surface area is 123 Å². The van der Waals surface area contributed by atoms with E-state index in [4.69, 9.17) is 0 Å². The summed E-state index contributed by atoms with van der Waals surface area (Å²) in [5, 5.41) is 3.38. The van der Waals surface area contributed by atoms with Crippen molar-refractivity contribution in [1.29, 1.82) is 0 Å². The zero-order chi connectivity index (χ0) is 13.8. The summed E-state index contributed by atoms with van der Waals surface area (Å²) in [6, 6.07) is 5.81. The molecule has 1 saturated heterocycles. The Kier molecular flexibility index (Phi) is 5.37. The summed E-state index contributed by atoms with van der Waals surface area (Å²) < 4.78 is 14.0. The maximum atomic E-state index is 13.4. The maximum absolute atomic E-state index is 13.4. The molecule has 0 aliphatic carbocycles. The van der Waals surface area contributed by atoms with Crippen molar-refractivity contribution in [3.8, 4) is 0 Å². The molecule has 1 aromatic carbocycles. The molecule has 1 aliphatic rings. The Morgan fingerprint density at radius 1 is 1.32 bits per heavy atom. The molecular formula is C15H22BrFN2. The molecule has 0 radical (unpaired) electrons. The smallest absolute Gasteiger partial charge is 0.137 e. The SMILES string of the molecule is CC(C)C[C@@H](c1ccc(F)c(Br)c1)N1CCNCC1. The van der Waals surface area contributed by atoms with Crippen LogP contribution in [0.2, 0.25) is 0 Å². The van der Waals surface area contributed by atoms with Crippen molar-refractivity contribution in [2.75, 3.05) is 26.2 Å². The fourth-order valence-electron chi connectivity index (χ4n) is 2.66. The molecule has 4 heteroatoms. The van der Waals surface area contributed by atoms with E-state index in [1.165, 1.54) is 5.56 Å². The number of halogens is 2. The van der Waals surface area contributed by atoms with Crippen molar-refractivity contribution in [2.45, 2.75) is 26.3 Å². The van der Waals surface area contributed by atoms with Crippen LogP contribution in [0.25, 0.3) is 0 Å². The fourth-order valence-corrected chi connectivity index (χ4v) is 3.05. The van der Waals surface area contributed by atoms with Gasteiger partial charge in [0.05, 0.1) is 4.47 Å². The van der Waals surface area contributed by atoms with Gasteiger partial charge in [-0.15, -0.1) is 0 Å². The monoisotopic (exact) mass is 328 g/mol. The number of nitrogens with zero attached hydrogens (tertiary/aromatic N) is 1. The Hall–Kier alpha value is -0.450. The highest BCUT2D eigenvalue weighted by Crippen LogP contribution is 2.30. The van der Waals surface area contributed by atoms with Crippen molar-refractivity contribution >= 4 is 15.9 Å². The van der Waals surface area contributed by atoms with E-state index in [2.05, 4.69) is 40.0 Å². The van der Waals surface area contributed by atoms with Gasteiger partial charge in [0.25, 0.3) is 0 Å². The number of benzene rings is 1. The average Bonchev–Trinajstić information content (AvgIpc) is 2.40. The molecule has 1 aliphatic heterocycles. The predicted molar refractivity (Wildman–Crippen MR) is 80.7 cm³/mol. The van der Waals surface area contributed by atoms with Crippen LogP contribution in [0.15, 0.2) is 22.7 Å². The fraction of sp³-hybridized carbons (Fsp3) is 0.600. The molecule has 0 unspecified atom stereocenters. The zero-order valence-electron chi connectivity index (χ0n) is 11.6. The van der Waals surface area contributed by atoms with E-state index < -0.39 is 0 Å². The van der Waals surface area contributed by atoms with E-state index in [1.54, 1.807) is 6.07 Å². The molecule has 0 amide bonds. The molecule has 1 N–H and O–H groups in total. The number of rotatable bonds is 4. The van der Waals surface area contributed by atoms with Gasteiger partial charge in [-0.1, -0.05) is 19.9 Å². The van der Waals surface area contributed by atoms with Crippen LogP contribution in [0.5, 0.6) is 0 Å². The summed E-state index contributed by atoms with van der Waals surface area (Å²) in [5.74, 6) is 0.441. The minimum absolute atomic E-state index is 0.188. The molecule has 0 spiro atoms. The second kappa shape index (κ2) is 6.82. The molecule has 1 aromatic rings. The summed E-state index contributed by atoms with van der Waals surface area (Å²) in [6.07, 6.45) is 1.11. The molecule has 1 fully saturated rings. The first kappa shape index (κ1) is 14.9. The highest BCUT2D eigenvalue weighted by Gasteiger charge is 2.23. The summed E-state index contributed by atoms with van der Waals surface area (Å²) in [7, 11) is 0. The van der Waals surface area contributed by atoms with Gasteiger partial charge in [0.15, 0.2) is 0 Å². The Bertz CT molecular complexity index is 417. The molecule has 0 aromatic heterocycles. The molecule has 106 valence electrons. The summed E-state index contributed by atoms with van der Waals surface area (Å²) in [5.41, 5.74) is 1.21. The maximum Gasteiger partial charge on any atom is 0.137 e. The van der Waals surface area contributed by atoms with Crippen molar-refractivity contribution in [3.05, 3.63) is 34.1 Å². The van der Waals surface area contributed by atoms with E-state index in [1.807, 2.05) is 12.1 Å². The third-order valence-electron chi connectivity index (χ3n) is 3.62. The minimum Gasteiger partial charge on any atom is -0.314 e. The van der Waals surface area contributed by atoms with Gasteiger partial charge in [0.2, 0.25) is 0 Å². The quantitative estimate of drug-likeness (QED) is 0.908. The van der Waals surface area contributed by atoms with Crippen LogP contribution < -0.4 is 5.32 Å². The van der Waals surface area contributed by atoms with Gasteiger partial charge in [-0.25, -0.2) is 4.39 Å². The van der Waals surface area contributed by atoms with Crippen molar-refractivity contribution < 1.29 is 4.39 Å². The minimum atomic E-state index is -0.188. The van der Waals surface area contributed by atoms with Gasteiger partial charge in [-0.3, -0.25) is 4.90 Å². The third kappa shape index (κ3) is 4.01. The third-order valence-corrected chi connectivity index (χ3v) is 4.22. The van der Waals surface area contributed by atoms with Crippen LogP contribution in [0.4, 0.5) is 4.39 Å². The summed E-state index contributed by atoms with van der Waals surface area (Å²) in [4.78, 5) is 2.51. The van der Waals surface area contributed by atoms with E-state index in [-0.39, 0.29) is 5.82 Å². The Morgan fingerprint density at radius 3 is 2.58 bits per heavy atom. The molecular weight excluding hydrogens is 307 g/mol. The van der Waals surface area contributed by atoms with Gasteiger partial charge >= 0.3 is 0 Å². The topological polar surface area (TPSA) is 15.3 Å². The highest BCUT2D eigenvalue weighted by molar-refractivity contribution is 9.10. The van der Waals surface area contributed by atoms with Crippen LogP contribution in [-0.4, -0.2) is 31.1 Å². The van der Waals surface area contributed by atoms with E-state index in [0.717, 1.165) is 32.6 Å². The van der Waals surface area contributed by atoms with Gasteiger partial charge in [-0.2, -0.15) is 0 Å². The first-order chi connectivity index (χ1) is 9.08. The largest absolute Gasteiger partial charge is 0.314 e.